The predicted octanol–water partition coefficient (Wildman–Crippen LogP) is 13.0. The Labute approximate surface area is 304 Å². The van der Waals surface area contributed by atoms with Crippen molar-refractivity contribution in [2.45, 2.75) is 233 Å². The zero-order chi connectivity index (χ0) is 36.2. The van der Waals surface area contributed by atoms with Gasteiger partial charge in [0, 0.05) is 19.3 Å². The second kappa shape index (κ2) is 36.2. The van der Waals surface area contributed by atoms with Crippen LogP contribution in [0.2, 0.25) is 0 Å². The number of unbranched alkanes of at least 4 members (excludes halogenated alkanes) is 21. The van der Waals surface area contributed by atoms with Crippen LogP contribution in [0.4, 0.5) is 0 Å². The van der Waals surface area contributed by atoms with Gasteiger partial charge in [0.1, 0.15) is 13.2 Å². The first kappa shape index (κ1) is 47.4. The number of esters is 3. The average Bonchev–Trinajstić information content (AvgIpc) is 3.08. The van der Waals surface area contributed by atoms with Crippen molar-refractivity contribution < 1.29 is 28.6 Å². The first-order chi connectivity index (χ1) is 23.8. The van der Waals surface area contributed by atoms with E-state index in [1.54, 1.807) is 0 Å². The Morgan fingerprint density at radius 2 is 0.776 bits per heavy atom. The molecule has 0 aliphatic rings. The third kappa shape index (κ3) is 36.0. The first-order valence-corrected chi connectivity index (χ1v) is 21.3. The van der Waals surface area contributed by atoms with Gasteiger partial charge in [-0.1, -0.05) is 189 Å². The topological polar surface area (TPSA) is 78.9 Å². The normalized spacial score (nSPS) is 12.6. The van der Waals surface area contributed by atoms with Gasteiger partial charge in [0.2, 0.25) is 0 Å². The highest BCUT2D eigenvalue weighted by molar-refractivity contribution is 5.71. The Morgan fingerprint density at radius 3 is 1.16 bits per heavy atom. The number of hydrogen-bond acceptors (Lipinski definition) is 6. The fourth-order valence-corrected chi connectivity index (χ4v) is 6.19. The number of carbonyl (C=O) groups is 3. The van der Waals surface area contributed by atoms with Crippen molar-refractivity contribution in [1.29, 1.82) is 0 Å². The molecule has 0 spiro atoms. The van der Waals surface area contributed by atoms with Crippen LogP contribution >= 0.6 is 0 Å². The number of carbonyl (C=O) groups excluding carboxylic acids is 3. The quantitative estimate of drug-likeness (QED) is 0.0366. The Bertz CT molecular complexity index is 751. The lowest BCUT2D eigenvalue weighted by atomic mass is 9.99. The molecule has 0 amide bonds. The molecule has 0 saturated heterocycles. The summed E-state index contributed by atoms with van der Waals surface area (Å²) in [7, 11) is 0. The van der Waals surface area contributed by atoms with E-state index >= 15 is 0 Å². The maximum atomic E-state index is 12.6. The summed E-state index contributed by atoms with van der Waals surface area (Å²) in [6.07, 6.45) is 32.4. The second-order valence-corrected chi connectivity index (χ2v) is 15.3. The first-order valence-electron chi connectivity index (χ1n) is 21.3. The van der Waals surface area contributed by atoms with Gasteiger partial charge in [-0.2, -0.15) is 0 Å². The highest BCUT2D eigenvalue weighted by Crippen LogP contribution is 2.17. The number of ether oxygens (including phenoxy) is 3. The Kier molecular flexibility index (Phi) is 35.0. The lowest BCUT2D eigenvalue weighted by Crippen LogP contribution is -2.30. The van der Waals surface area contributed by atoms with E-state index in [4.69, 9.17) is 14.2 Å². The molecule has 290 valence electrons. The molecule has 6 heteroatoms. The number of hydrogen-bond donors (Lipinski definition) is 0. The van der Waals surface area contributed by atoms with Crippen molar-refractivity contribution in [3.63, 3.8) is 0 Å². The van der Waals surface area contributed by atoms with Gasteiger partial charge in [0.25, 0.3) is 0 Å². The maximum Gasteiger partial charge on any atom is 0.306 e. The standard InChI is InChI=1S/C43H82O6/c1-6-8-9-10-16-23-28-33-41(44)47-36-40(49-43(46)35-30-25-20-15-17-21-26-31-38(3)4)37-48-42(45)34-29-24-19-14-12-11-13-18-22-27-32-39(5)7-2/h38-40H,6-37H2,1-5H3/t39?,40-/m1/s1. The molecule has 0 aromatic heterocycles. The van der Waals surface area contributed by atoms with Gasteiger partial charge >= 0.3 is 17.9 Å². The van der Waals surface area contributed by atoms with E-state index in [0.29, 0.717) is 19.3 Å². The molecule has 0 aliphatic heterocycles. The van der Waals surface area contributed by atoms with Crippen LogP contribution in [-0.2, 0) is 28.6 Å². The lowest BCUT2D eigenvalue weighted by molar-refractivity contribution is -0.167. The highest BCUT2D eigenvalue weighted by atomic mass is 16.6. The Balaban J connectivity index is 4.29. The van der Waals surface area contributed by atoms with Crippen molar-refractivity contribution in [2.75, 3.05) is 13.2 Å². The molecule has 0 radical (unpaired) electrons. The Hall–Kier alpha value is -1.59. The van der Waals surface area contributed by atoms with Crippen LogP contribution in [0, 0.1) is 11.8 Å². The third-order valence-electron chi connectivity index (χ3n) is 9.83. The SMILES string of the molecule is CCCCCCCCCC(=O)OC[C@H](COC(=O)CCCCCCCCCCCCC(C)CC)OC(=O)CCCCCCCCCC(C)C. The smallest absolute Gasteiger partial charge is 0.306 e. The number of rotatable bonds is 37. The maximum absolute atomic E-state index is 12.6. The molecule has 0 fully saturated rings. The van der Waals surface area contributed by atoms with Gasteiger partial charge in [-0.3, -0.25) is 14.4 Å². The lowest BCUT2D eigenvalue weighted by Gasteiger charge is -2.18. The van der Waals surface area contributed by atoms with E-state index in [1.807, 2.05) is 0 Å². The van der Waals surface area contributed by atoms with Crippen molar-refractivity contribution in [3.05, 3.63) is 0 Å². The zero-order valence-corrected chi connectivity index (χ0v) is 33.3. The van der Waals surface area contributed by atoms with E-state index in [0.717, 1.165) is 69.6 Å². The van der Waals surface area contributed by atoms with E-state index in [-0.39, 0.29) is 31.1 Å². The molecule has 2 atom stereocenters. The minimum Gasteiger partial charge on any atom is -0.462 e. The molecular weight excluding hydrogens is 612 g/mol. The van der Waals surface area contributed by atoms with Gasteiger partial charge in [0.15, 0.2) is 6.10 Å². The van der Waals surface area contributed by atoms with Gasteiger partial charge in [-0.25, -0.2) is 0 Å². The molecule has 0 rings (SSSR count). The summed E-state index contributed by atoms with van der Waals surface area (Å²) < 4.78 is 16.6. The fraction of sp³-hybridized carbons (Fsp3) is 0.930. The van der Waals surface area contributed by atoms with Gasteiger partial charge in [-0.05, 0) is 31.1 Å². The summed E-state index contributed by atoms with van der Waals surface area (Å²) in [6, 6.07) is 0. The van der Waals surface area contributed by atoms with Crippen LogP contribution in [0.5, 0.6) is 0 Å². The monoisotopic (exact) mass is 695 g/mol. The fourth-order valence-electron chi connectivity index (χ4n) is 6.19. The van der Waals surface area contributed by atoms with Crippen LogP contribution in [0.3, 0.4) is 0 Å². The summed E-state index contributed by atoms with van der Waals surface area (Å²) in [5.74, 6) is 0.777. The van der Waals surface area contributed by atoms with Gasteiger partial charge in [0.05, 0.1) is 0 Å². The molecule has 49 heavy (non-hydrogen) atoms. The molecule has 0 aromatic carbocycles. The van der Waals surface area contributed by atoms with E-state index in [2.05, 4.69) is 34.6 Å². The minimum absolute atomic E-state index is 0.0665. The largest absolute Gasteiger partial charge is 0.462 e. The third-order valence-corrected chi connectivity index (χ3v) is 9.83. The van der Waals surface area contributed by atoms with Crippen molar-refractivity contribution in [3.8, 4) is 0 Å². The molecule has 0 aromatic rings. The van der Waals surface area contributed by atoms with Crippen LogP contribution in [-0.4, -0.2) is 37.2 Å². The zero-order valence-electron chi connectivity index (χ0n) is 33.3. The molecule has 1 unspecified atom stereocenters. The molecule has 0 saturated carbocycles. The van der Waals surface area contributed by atoms with Crippen LogP contribution in [0.15, 0.2) is 0 Å². The van der Waals surface area contributed by atoms with Crippen LogP contribution in [0.25, 0.3) is 0 Å². The van der Waals surface area contributed by atoms with E-state index in [1.165, 1.54) is 116 Å². The van der Waals surface area contributed by atoms with Crippen LogP contribution in [0.1, 0.15) is 227 Å². The van der Waals surface area contributed by atoms with Gasteiger partial charge in [-0.15, -0.1) is 0 Å². The molecule has 0 N–H and O–H groups in total. The van der Waals surface area contributed by atoms with Crippen molar-refractivity contribution in [2.24, 2.45) is 11.8 Å². The molecule has 0 aliphatic carbocycles. The van der Waals surface area contributed by atoms with Crippen molar-refractivity contribution in [1.82, 2.24) is 0 Å². The van der Waals surface area contributed by atoms with Crippen LogP contribution < -0.4 is 0 Å². The summed E-state index contributed by atoms with van der Waals surface area (Å²) in [6.45, 7) is 11.3. The summed E-state index contributed by atoms with van der Waals surface area (Å²) in [4.78, 5) is 37.4. The van der Waals surface area contributed by atoms with Gasteiger partial charge < -0.3 is 14.2 Å². The predicted molar refractivity (Wildman–Crippen MR) is 206 cm³/mol. The summed E-state index contributed by atoms with van der Waals surface area (Å²) >= 11 is 0. The van der Waals surface area contributed by atoms with E-state index < -0.39 is 6.10 Å². The summed E-state index contributed by atoms with van der Waals surface area (Å²) in [5.41, 5.74) is 0. The molecule has 0 bridgehead atoms. The molecule has 6 nitrogen and oxygen atoms in total. The molecule has 0 heterocycles. The average molecular weight is 695 g/mol. The minimum atomic E-state index is -0.759. The second-order valence-electron chi connectivity index (χ2n) is 15.3. The molecular formula is C43H82O6. The van der Waals surface area contributed by atoms with Crippen molar-refractivity contribution >= 4 is 17.9 Å². The highest BCUT2D eigenvalue weighted by Gasteiger charge is 2.19. The summed E-state index contributed by atoms with van der Waals surface area (Å²) in [5, 5.41) is 0. The van der Waals surface area contributed by atoms with E-state index in [9.17, 15) is 14.4 Å². The Morgan fingerprint density at radius 1 is 0.429 bits per heavy atom.